The summed E-state index contributed by atoms with van der Waals surface area (Å²) in [5, 5.41) is 3.15. The van der Waals surface area contributed by atoms with Gasteiger partial charge in [-0.2, -0.15) is 9.29 Å². The maximum atomic E-state index is 13.3. The number of nitrogens with one attached hydrogen (secondary N) is 1. The number of esters is 1. The third kappa shape index (κ3) is 6.82. The molecule has 4 rings (SSSR count). The van der Waals surface area contributed by atoms with Crippen LogP contribution in [0.15, 0.2) is 59.5 Å². The molecule has 1 saturated heterocycles. The standard InChI is InChI=1S/C27H32FN5O5S/c1-5-37-25(34)27(3,4)38-22-10-12-23(13-11-22)39(35,36)33-16-14-32(15-17-33)26-29-19(2)18-24(31-26)30-21-8-6-20(28)7-9-21/h6-13,18H,5,14-17H2,1-4H3,(H,29,30,31). The summed E-state index contributed by atoms with van der Waals surface area (Å²) in [7, 11) is -3.74. The summed E-state index contributed by atoms with van der Waals surface area (Å²) in [5.41, 5.74) is 0.226. The average Bonchev–Trinajstić information content (AvgIpc) is 2.90. The molecule has 2 aromatic carbocycles. The van der Waals surface area contributed by atoms with Crippen molar-refractivity contribution < 1.29 is 27.1 Å². The maximum absolute atomic E-state index is 13.3. The Morgan fingerprint density at radius 1 is 1.03 bits per heavy atom. The predicted octanol–water partition coefficient (Wildman–Crippen LogP) is 3.90. The van der Waals surface area contributed by atoms with Gasteiger partial charge in [0.05, 0.1) is 11.5 Å². The zero-order valence-electron chi connectivity index (χ0n) is 22.3. The molecule has 0 aliphatic carbocycles. The number of aromatic nitrogens is 2. The fourth-order valence-electron chi connectivity index (χ4n) is 4.04. The topological polar surface area (TPSA) is 114 Å². The van der Waals surface area contributed by atoms with Crippen molar-refractivity contribution in [2.24, 2.45) is 0 Å². The van der Waals surface area contributed by atoms with E-state index in [2.05, 4.69) is 15.3 Å². The normalized spacial score (nSPS) is 14.6. The molecule has 1 N–H and O–H groups in total. The molecule has 0 unspecified atom stereocenters. The summed E-state index contributed by atoms with van der Waals surface area (Å²) in [5.74, 6) is 0.583. The minimum absolute atomic E-state index is 0.134. The number of carbonyl (C=O) groups excluding carboxylic acids is 1. The number of sulfonamides is 1. The summed E-state index contributed by atoms with van der Waals surface area (Å²) >= 11 is 0. The van der Waals surface area contributed by atoms with Gasteiger partial charge in [-0.05, 0) is 76.2 Å². The van der Waals surface area contributed by atoms with Gasteiger partial charge in [0.15, 0.2) is 5.60 Å². The zero-order valence-corrected chi connectivity index (χ0v) is 23.2. The second kappa shape index (κ2) is 11.5. The Kier molecular flexibility index (Phi) is 8.36. The Balaban J connectivity index is 1.40. The Morgan fingerprint density at radius 2 is 1.67 bits per heavy atom. The number of ether oxygens (including phenoxy) is 2. The highest BCUT2D eigenvalue weighted by molar-refractivity contribution is 7.89. The Bertz CT molecular complexity index is 1410. The monoisotopic (exact) mass is 557 g/mol. The fraction of sp³-hybridized carbons (Fsp3) is 0.370. The largest absolute Gasteiger partial charge is 0.476 e. The lowest BCUT2D eigenvalue weighted by Crippen LogP contribution is -2.49. The van der Waals surface area contributed by atoms with Crippen LogP contribution in [0.1, 0.15) is 26.5 Å². The molecule has 1 aliphatic rings. The highest BCUT2D eigenvalue weighted by Crippen LogP contribution is 2.25. The maximum Gasteiger partial charge on any atom is 0.349 e. The molecule has 2 heterocycles. The molecule has 10 nitrogen and oxygen atoms in total. The minimum Gasteiger partial charge on any atom is -0.476 e. The highest BCUT2D eigenvalue weighted by atomic mass is 32.2. The van der Waals surface area contributed by atoms with Gasteiger partial charge in [0.25, 0.3) is 0 Å². The van der Waals surface area contributed by atoms with Gasteiger partial charge in [0.1, 0.15) is 17.4 Å². The molecule has 39 heavy (non-hydrogen) atoms. The van der Waals surface area contributed by atoms with Crippen molar-refractivity contribution in [3.05, 3.63) is 66.1 Å². The molecule has 0 spiro atoms. The van der Waals surface area contributed by atoms with E-state index in [4.69, 9.17) is 9.47 Å². The summed E-state index contributed by atoms with van der Waals surface area (Å²) in [6, 6.07) is 13.7. The lowest BCUT2D eigenvalue weighted by Gasteiger charge is -2.34. The van der Waals surface area contributed by atoms with Crippen LogP contribution in [0.3, 0.4) is 0 Å². The number of aryl methyl sites for hydroxylation is 1. The van der Waals surface area contributed by atoms with Crippen molar-refractivity contribution in [1.29, 1.82) is 0 Å². The minimum atomic E-state index is -3.74. The number of anilines is 3. The first-order valence-electron chi connectivity index (χ1n) is 12.6. The second-order valence-electron chi connectivity index (χ2n) is 9.52. The van der Waals surface area contributed by atoms with Gasteiger partial charge in [-0.25, -0.2) is 22.6 Å². The Labute approximate surface area is 227 Å². The van der Waals surface area contributed by atoms with Crippen molar-refractivity contribution in [1.82, 2.24) is 14.3 Å². The number of carbonyl (C=O) groups is 1. The summed E-state index contributed by atoms with van der Waals surface area (Å²) in [6.07, 6.45) is 0. The molecule has 208 valence electrons. The van der Waals surface area contributed by atoms with Gasteiger partial charge in [-0.15, -0.1) is 0 Å². The highest BCUT2D eigenvalue weighted by Gasteiger charge is 2.33. The zero-order chi connectivity index (χ0) is 28.2. The molecule has 12 heteroatoms. The molecule has 0 bridgehead atoms. The van der Waals surface area contributed by atoms with Gasteiger partial charge >= 0.3 is 5.97 Å². The number of hydrogen-bond acceptors (Lipinski definition) is 9. The van der Waals surface area contributed by atoms with Gasteiger partial charge < -0.3 is 19.7 Å². The van der Waals surface area contributed by atoms with Gasteiger partial charge in [-0.3, -0.25) is 0 Å². The number of rotatable bonds is 9. The predicted molar refractivity (Wildman–Crippen MR) is 145 cm³/mol. The van der Waals surface area contributed by atoms with Crippen LogP contribution in [-0.2, 0) is 19.6 Å². The Hall–Kier alpha value is -3.77. The number of hydrogen-bond donors (Lipinski definition) is 1. The average molecular weight is 558 g/mol. The van der Waals surface area contributed by atoms with E-state index >= 15 is 0 Å². The van der Waals surface area contributed by atoms with E-state index in [9.17, 15) is 17.6 Å². The van der Waals surface area contributed by atoms with Crippen molar-refractivity contribution in [3.8, 4) is 5.75 Å². The van der Waals surface area contributed by atoms with Crippen LogP contribution in [0.2, 0.25) is 0 Å². The van der Waals surface area contributed by atoms with Crippen LogP contribution >= 0.6 is 0 Å². The molecule has 1 aromatic heterocycles. The number of halogens is 1. The number of nitrogens with zero attached hydrogens (tertiary/aromatic N) is 4. The smallest absolute Gasteiger partial charge is 0.349 e. The summed E-state index contributed by atoms with van der Waals surface area (Å²) in [4.78, 5) is 23.3. The van der Waals surface area contributed by atoms with E-state index in [1.807, 2.05) is 11.8 Å². The van der Waals surface area contributed by atoms with Gasteiger partial charge in [0.2, 0.25) is 16.0 Å². The van der Waals surface area contributed by atoms with Crippen molar-refractivity contribution in [2.75, 3.05) is 43.0 Å². The third-order valence-corrected chi connectivity index (χ3v) is 7.99. The third-order valence-electron chi connectivity index (χ3n) is 6.08. The first-order chi connectivity index (χ1) is 18.5. The first-order valence-corrected chi connectivity index (χ1v) is 14.0. The van der Waals surface area contributed by atoms with Crippen LogP contribution in [0.5, 0.6) is 5.75 Å². The number of piperazine rings is 1. The first kappa shape index (κ1) is 28.2. The molecule has 0 amide bonds. The fourth-order valence-corrected chi connectivity index (χ4v) is 5.46. The van der Waals surface area contributed by atoms with Crippen molar-refractivity contribution in [3.63, 3.8) is 0 Å². The molecular weight excluding hydrogens is 525 g/mol. The quantitative estimate of drug-likeness (QED) is 0.391. The van der Waals surface area contributed by atoms with E-state index < -0.39 is 21.6 Å². The van der Waals surface area contributed by atoms with Gasteiger partial charge in [-0.1, -0.05) is 0 Å². The van der Waals surface area contributed by atoms with Crippen LogP contribution in [0.25, 0.3) is 0 Å². The summed E-state index contributed by atoms with van der Waals surface area (Å²) < 4.78 is 52.0. The van der Waals surface area contributed by atoms with E-state index in [0.717, 1.165) is 5.69 Å². The Morgan fingerprint density at radius 3 is 2.28 bits per heavy atom. The van der Waals surface area contributed by atoms with Crippen LogP contribution in [-0.4, -0.2) is 67.0 Å². The lowest BCUT2D eigenvalue weighted by atomic mass is 10.1. The van der Waals surface area contributed by atoms with Crippen LogP contribution < -0.4 is 15.0 Å². The van der Waals surface area contributed by atoms with Gasteiger partial charge in [0, 0.05) is 43.6 Å². The molecule has 0 saturated carbocycles. The summed E-state index contributed by atoms with van der Waals surface area (Å²) in [6.45, 7) is 8.32. The van der Waals surface area contributed by atoms with Crippen molar-refractivity contribution in [2.45, 2.75) is 38.2 Å². The SMILES string of the molecule is CCOC(=O)C(C)(C)Oc1ccc(S(=O)(=O)N2CCN(c3nc(C)cc(Nc4ccc(F)cc4)n3)CC2)cc1. The lowest BCUT2D eigenvalue weighted by molar-refractivity contribution is -0.158. The molecule has 3 aromatic rings. The molecule has 1 fully saturated rings. The second-order valence-corrected chi connectivity index (χ2v) is 11.5. The van der Waals surface area contributed by atoms with Crippen molar-refractivity contribution >= 4 is 33.4 Å². The molecule has 0 radical (unpaired) electrons. The van der Waals surface area contributed by atoms with E-state index in [1.54, 1.807) is 39.0 Å². The van der Waals surface area contributed by atoms with E-state index in [0.29, 0.717) is 36.3 Å². The number of benzene rings is 2. The molecule has 0 atom stereocenters. The van der Waals surface area contributed by atoms with E-state index in [-0.39, 0.29) is 30.4 Å². The van der Waals surface area contributed by atoms with Crippen LogP contribution in [0.4, 0.5) is 21.8 Å². The van der Waals surface area contributed by atoms with Crippen LogP contribution in [0, 0.1) is 12.7 Å². The van der Waals surface area contributed by atoms with E-state index in [1.165, 1.54) is 40.7 Å². The molecule has 1 aliphatic heterocycles. The molecular formula is C27H32FN5O5S.